The molecule has 122 valence electrons. The van der Waals surface area contributed by atoms with Gasteiger partial charge in [0.2, 0.25) is 5.95 Å². The van der Waals surface area contributed by atoms with E-state index in [0.29, 0.717) is 0 Å². The van der Waals surface area contributed by atoms with Crippen LogP contribution in [0.25, 0.3) is 0 Å². The van der Waals surface area contributed by atoms with Crippen molar-refractivity contribution in [3.63, 3.8) is 0 Å². The average molecular weight is 377 g/mol. The van der Waals surface area contributed by atoms with E-state index in [4.69, 9.17) is 0 Å². The Hall–Kier alpha value is -1.89. The zero-order chi connectivity index (χ0) is 16.4. The molecule has 0 aromatic carbocycles. The van der Waals surface area contributed by atoms with Crippen molar-refractivity contribution in [1.29, 1.82) is 0 Å². The highest BCUT2D eigenvalue weighted by Crippen LogP contribution is 2.21. The monoisotopic (exact) mass is 376 g/mol. The molecule has 1 aliphatic heterocycles. The van der Waals surface area contributed by atoms with Crippen LogP contribution in [0.5, 0.6) is 0 Å². The number of hydrogen-bond acceptors (Lipinski definition) is 6. The number of rotatable bonds is 3. The Labute approximate surface area is 145 Å². The molecule has 0 bridgehead atoms. The fourth-order valence-electron chi connectivity index (χ4n) is 2.62. The maximum absolute atomic E-state index is 4.67. The maximum atomic E-state index is 4.67. The standard InChI is InChI=1S/C16H21BrN6/c1-12-10-15(20-16(19-12)21(2)3)23-8-6-22(7-9-23)14-5-4-13(17)11-18-14/h4-5,10-11H,6-9H2,1-3H3. The molecular weight excluding hydrogens is 356 g/mol. The van der Waals surface area contributed by atoms with Crippen LogP contribution in [-0.2, 0) is 0 Å². The van der Waals surface area contributed by atoms with Crippen LogP contribution in [-0.4, -0.2) is 55.2 Å². The van der Waals surface area contributed by atoms with E-state index in [1.165, 1.54) is 0 Å². The highest BCUT2D eigenvalue weighted by molar-refractivity contribution is 9.10. The summed E-state index contributed by atoms with van der Waals surface area (Å²) >= 11 is 3.43. The number of anilines is 3. The Morgan fingerprint density at radius 3 is 2.22 bits per heavy atom. The number of hydrogen-bond donors (Lipinski definition) is 0. The van der Waals surface area contributed by atoms with Crippen LogP contribution in [0.15, 0.2) is 28.9 Å². The van der Waals surface area contributed by atoms with Crippen LogP contribution in [0.3, 0.4) is 0 Å². The molecule has 1 fully saturated rings. The van der Waals surface area contributed by atoms with Crippen LogP contribution in [0.1, 0.15) is 5.69 Å². The highest BCUT2D eigenvalue weighted by Gasteiger charge is 2.20. The van der Waals surface area contributed by atoms with Gasteiger partial charge < -0.3 is 14.7 Å². The molecule has 0 spiro atoms. The molecule has 0 amide bonds. The number of aryl methyl sites for hydroxylation is 1. The van der Waals surface area contributed by atoms with Gasteiger partial charge in [0.15, 0.2) is 0 Å². The van der Waals surface area contributed by atoms with Crippen molar-refractivity contribution < 1.29 is 0 Å². The van der Waals surface area contributed by atoms with Gasteiger partial charge in [-0.25, -0.2) is 9.97 Å². The second-order valence-electron chi connectivity index (χ2n) is 5.87. The summed E-state index contributed by atoms with van der Waals surface area (Å²) in [7, 11) is 3.94. The predicted molar refractivity (Wildman–Crippen MR) is 97.5 cm³/mol. The summed E-state index contributed by atoms with van der Waals surface area (Å²) in [4.78, 5) is 20.2. The van der Waals surface area contributed by atoms with Gasteiger partial charge in [-0.3, -0.25) is 0 Å². The fraction of sp³-hybridized carbons (Fsp3) is 0.438. The molecular formula is C16H21BrN6. The summed E-state index contributed by atoms with van der Waals surface area (Å²) in [6.07, 6.45) is 1.85. The first-order chi connectivity index (χ1) is 11.0. The molecule has 1 saturated heterocycles. The molecule has 0 radical (unpaired) electrons. The van der Waals surface area contributed by atoms with Crippen LogP contribution in [0, 0.1) is 6.92 Å². The second kappa shape index (κ2) is 6.70. The van der Waals surface area contributed by atoms with Crippen LogP contribution >= 0.6 is 15.9 Å². The van der Waals surface area contributed by atoms with Crippen molar-refractivity contribution in [1.82, 2.24) is 15.0 Å². The number of nitrogens with zero attached hydrogens (tertiary/aromatic N) is 6. The second-order valence-corrected chi connectivity index (χ2v) is 6.79. The first-order valence-corrected chi connectivity index (χ1v) is 8.47. The van der Waals surface area contributed by atoms with Gasteiger partial charge in [0.1, 0.15) is 11.6 Å². The lowest BCUT2D eigenvalue weighted by Gasteiger charge is -2.36. The molecule has 1 aliphatic rings. The third kappa shape index (κ3) is 3.72. The Morgan fingerprint density at radius 1 is 1.00 bits per heavy atom. The van der Waals surface area contributed by atoms with Gasteiger partial charge in [-0.05, 0) is 35.0 Å². The van der Waals surface area contributed by atoms with E-state index < -0.39 is 0 Å². The Balaban J connectivity index is 1.70. The molecule has 3 heterocycles. The van der Waals surface area contributed by atoms with E-state index in [1.54, 1.807) is 0 Å². The quantitative estimate of drug-likeness (QED) is 0.819. The summed E-state index contributed by atoms with van der Waals surface area (Å²) in [5, 5.41) is 0. The zero-order valence-electron chi connectivity index (χ0n) is 13.7. The van der Waals surface area contributed by atoms with Crippen molar-refractivity contribution in [3.8, 4) is 0 Å². The summed E-state index contributed by atoms with van der Waals surface area (Å²) < 4.78 is 1.01. The number of piperazine rings is 1. The maximum Gasteiger partial charge on any atom is 0.226 e. The van der Waals surface area contributed by atoms with Gasteiger partial charge in [-0.2, -0.15) is 4.98 Å². The molecule has 0 N–H and O–H groups in total. The Morgan fingerprint density at radius 2 is 1.65 bits per heavy atom. The highest BCUT2D eigenvalue weighted by atomic mass is 79.9. The molecule has 6 nitrogen and oxygen atoms in total. The Kier molecular flexibility index (Phi) is 4.66. The van der Waals surface area contributed by atoms with Gasteiger partial charge in [-0.15, -0.1) is 0 Å². The first kappa shape index (κ1) is 16.0. The summed E-state index contributed by atoms with van der Waals surface area (Å²) in [5.41, 5.74) is 0.996. The topological polar surface area (TPSA) is 48.4 Å². The SMILES string of the molecule is Cc1cc(N2CCN(c3ccc(Br)cn3)CC2)nc(N(C)C)n1. The lowest BCUT2D eigenvalue weighted by Crippen LogP contribution is -2.47. The van der Waals surface area contributed by atoms with Crippen molar-refractivity contribution >= 4 is 33.5 Å². The molecule has 2 aromatic heterocycles. The molecule has 3 rings (SSSR count). The summed E-state index contributed by atoms with van der Waals surface area (Å²) in [5.74, 6) is 2.79. The van der Waals surface area contributed by atoms with Crippen LogP contribution in [0.4, 0.5) is 17.6 Å². The summed E-state index contributed by atoms with van der Waals surface area (Å²) in [6.45, 7) is 5.76. The minimum absolute atomic E-state index is 0.761. The molecule has 2 aromatic rings. The lowest BCUT2D eigenvalue weighted by molar-refractivity contribution is 0.640. The molecule has 7 heteroatoms. The normalized spacial score (nSPS) is 15.0. The number of halogens is 1. The van der Waals surface area contributed by atoms with Crippen molar-refractivity contribution in [2.45, 2.75) is 6.92 Å². The largest absolute Gasteiger partial charge is 0.353 e. The average Bonchev–Trinajstić information content (AvgIpc) is 2.55. The third-order valence-electron chi connectivity index (χ3n) is 3.87. The van der Waals surface area contributed by atoms with E-state index in [1.807, 2.05) is 38.2 Å². The number of pyridine rings is 1. The van der Waals surface area contributed by atoms with E-state index in [0.717, 1.165) is 53.9 Å². The lowest BCUT2D eigenvalue weighted by atomic mass is 10.3. The van der Waals surface area contributed by atoms with Gasteiger partial charge in [0.05, 0.1) is 0 Å². The predicted octanol–water partition coefficient (Wildman–Crippen LogP) is 2.34. The smallest absolute Gasteiger partial charge is 0.226 e. The molecule has 0 atom stereocenters. The van der Waals surface area contributed by atoms with Crippen LogP contribution < -0.4 is 14.7 Å². The van der Waals surface area contributed by atoms with Gasteiger partial charge in [-0.1, -0.05) is 0 Å². The molecule has 0 aliphatic carbocycles. The van der Waals surface area contributed by atoms with Crippen molar-refractivity contribution in [2.24, 2.45) is 0 Å². The molecule has 0 unspecified atom stereocenters. The summed E-state index contributed by atoms with van der Waals surface area (Å²) in [6, 6.07) is 6.14. The number of aromatic nitrogens is 3. The van der Waals surface area contributed by atoms with Crippen LogP contribution in [0.2, 0.25) is 0 Å². The van der Waals surface area contributed by atoms with Gasteiger partial charge >= 0.3 is 0 Å². The minimum Gasteiger partial charge on any atom is -0.353 e. The molecule has 23 heavy (non-hydrogen) atoms. The van der Waals surface area contributed by atoms with Gasteiger partial charge in [0, 0.05) is 62.7 Å². The zero-order valence-corrected chi connectivity index (χ0v) is 15.3. The van der Waals surface area contributed by atoms with E-state index in [9.17, 15) is 0 Å². The van der Waals surface area contributed by atoms with E-state index in [-0.39, 0.29) is 0 Å². The van der Waals surface area contributed by atoms with Crippen molar-refractivity contribution in [3.05, 3.63) is 34.6 Å². The van der Waals surface area contributed by atoms with Crippen molar-refractivity contribution in [2.75, 3.05) is 55.0 Å². The van der Waals surface area contributed by atoms with Gasteiger partial charge in [0.25, 0.3) is 0 Å². The first-order valence-electron chi connectivity index (χ1n) is 7.67. The fourth-order valence-corrected chi connectivity index (χ4v) is 2.85. The Bertz CT molecular complexity index is 665. The van der Waals surface area contributed by atoms with E-state index >= 15 is 0 Å². The molecule has 0 saturated carbocycles. The minimum atomic E-state index is 0.761. The third-order valence-corrected chi connectivity index (χ3v) is 4.34. The van der Waals surface area contributed by atoms with E-state index in [2.05, 4.69) is 52.8 Å².